The summed E-state index contributed by atoms with van der Waals surface area (Å²) in [6.45, 7) is 6.03. The van der Waals surface area contributed by atoms with E-state index in [0.717, 1.165) is 28.5 Å². The van der Waals surface area contributed by atoms with E-state index in [9.17, 15) is 4.79 Å². The third-order valence-corrected chi connectivity index (χ3v) is 5.15. The van der Waals surface area contributed by atoms with E-state index in [2.05, 4.69) is 15.3 Å². The Balaban J connectivity index is 1.70. The first-order valence-corrected chi connectivity index (χ1v) is 8.99. The van der Waals surface area contributed by atoms with Crippen molar-refractivity contribution in [3.63, 3.8) is 0 Å². The molecule has 1 amide bonds. The molecule has 2 heterocycles. The molecule has 0 bridgehead atoms. The number of hydrogen-bond acceptors (Lipinski definition) is 5. The lowest BCUT2D eigenvalue weighted by atomic mass is 10.2. The Morgan fingerprint density at radius 1 is 1.32 bits per heavy atom. The topological polar surface area (TPSA) is 85.8 Å². The third-order valence-electron chi connectivity index (χ3n) is 4.14. The molecule has 2 aromatic heterocycles. The number of hydrogen-bond donors (Lipinski definition) is 2. The number of carbonyl (C=O) groups is 1. The van der Waals surface area contributed by atoms with Crippen LogP contribution in [0.3, 0.4) is 0 Å². The molecule has 3 rings (SSSR count). The van der Waals surface area contributed by atoms with Crippen LogP contribution in [0.25, 0.3) is 5.69 Å². The van der Waals surface area contributed by atoms with E-state index in [1.807, 2.05) is 55.0 Å². The summed E-state index contributed by atoms with van der Waals surface area (Å²) < 4.78 is 2.01. The van der Waals surface area contributed by atoms with E-state index >= 15 is 0 Å². The summed E-state index contributed by atoms with van der Waals surface area (Å²) in [5, 5.41) is 5.67. The molecule has 1 aromatic carbocycles. The first kappa shape index (κ1) is 17.3. The van der Waals surface area contributed by atoms with Crippen molar-refractivity contribution < 1.29 is 4.79 Å². The zero-order valence-electron chi connectivity index (χ0n) is 14.5. The summed E-state index contributed by atoms with van der Waals surface area (Å²) in [7, 11) is 0. The monoisotopic (exact) mass is 355 g/mol. The van der Waals surface area contributed by atoms with Crippen molar-refractivity contribution >= 4 is 22.9 Å². The van der Waals surface area contributed by atoms with E-state index in [-0.39, 0.29) is 5.91 Å². The van der Waals surface area contributed by atoms with Gasteiger partial charge in [-0.05, 0) is 44.5 Å². The normalized spacial score (nSPS) is 12.2. The van der Waals surface area contributed by atoms with Gasteiger partial charge in [-0.15, -0.1) is 11.3 Å². The molecular formula is C18H21N5OS. The highest BCUT2D eigenvalue weighted by atomic mass is 32.1. The molecule has 0 aliphatic carbocycles. The molecule has 0 fully saturated rings. The van der Waals surface area contributed by atoms with Gasteiger partial charge in [0.15, 0.2) is 0 Å². The summed E-state index contributed by atoms with van der Waals surface area (Å²) in [6.07, 6.45) is 2.63. The van der Waals surface area contributed by atoms with Gasteiger partial charge in [0.05, 0.1) is 22.7 Å². The van der Waals surface area contributed by atoms with Crippen LogP contribution in [0.2, 0.25) is 0 Å². The maximum atomic E-state index is 12.3. The van der Waals surface area contributed by atoms with Crippen LogP contribution in [-0.2, 0) is 11.2 Å². The van der Waals surface area contributed by atoms with Crippen molar-refractivity contribution in [2.75, 3.05) is 5.32 Å². The Kier molecular flexibility index (Phi) is 4.96. The fraction of sp³-hybridized carbons (Fsp3) is 0.278. The molecule has 130 valence electrons. The smallest absolute Gasteiger partial charge is 0.247 e. The van der Waals surface area contributed by atoms with Crippen LogP contribution >= 0.6 is 11.3 Å². The second-order valence-corrected chi connectivity index (χ2v) is 6.76. The molecule has 7 heteroatoms. The van der Waals surface area contributed by atoms with Crippen molar-refractivity contribution in [1.29, 1.82) is 0 Å². The van der Waals surface area contributed by atoms with E-state index in [1.54, 1.807) is 6.33 Å². The van der Waals surface area contributed by atoms with Crippen molar-refractivity contribution in [3.05, 3.63) is 58.1 Å². The summed E-state index contributed by atoms with van der Waals surface area (Å²) >= 11 is 1.52. The number of anilines is 1. The minimum atomic E-state index is -0.769. The van der Waals surface area contributed by atoms with Gasteiger partial charge in [-0.2, -0.15) is 0 Å². The van der Waals surface area contributed by atoms with Crippen molar-refractivity contribution in [2.45, 2.75) is 33.2 Å². The molecule has 0 aliphatic rings. The quantitative estimate of drug-likeness (QED) is 0.736. The number of imidazole rings is 1. The molecule has 1 atom stereocenters. The summed E-state index contributed by atoms with van der Waals surface area (Å²) in [5.41, 5.74) is 10.4. The molecule has 3 aromatic rings. The van der Waals surface area contributed by atoms with E-state index in [0.29, 0.717) is 11.4 Å². The summed E-state index contributed by atoms with van der Waals surface area (Å²) in [4.78, 5) is 21.0. The van der Waals surface area contributed by atoms with Crippen LogP contribution in [0.4, 0.5) is 5.69 Å². The molecule has 1 unspecified atom stereocenters. The Morgan fingerprint density at radius 3 is 2.60 bits per heavy atom. The van der Waals surface area contributed by atoms with Gasteiger partial charge in [0.25, 0.3) is 0 Å². The van der Waals surface area contributed by atoms with E-state index < -0.39 is 6.04 Å². The third kappa shape index (κ3) is 3.62. The van der Waals surface area contributed by atoms with Gasteiger partial charge < -0.3 is 15.6 Å². The predicted octanol–water partition coefficient (Wildman–Crippen LogP) is 3.15. The van der Waals surface area contributed by atoms with Gasteiger partial charge in [0.1, 0.15) is 6.04 Å². The average Bonchev–Trinajstić information content (AvgIpc) is 3.23. The second kappa shape index (κ2) is 7.16. The minimum Gasteiger partial charge on any atom is -0.324 e. The van der Waals surface area contributed by atoms with E-state index in [4.69, 9.17) is 5.73 Å². The lowest BCUT2D eigenvalue weighted by molar-refractivity contribution is -0.117. The molecule has 3 N–H and O–H groups in total. The zero-order valence-corrected chi connectivity index (χ0v) is 15.3. The molecule has 0 spiro atoms. The van der Waals surface area contributed by atoms with Crippen molar-refractivity contribution in [1.82, 2.24) is 14.5 Å². The maximum absolute atomic E-state index is 12.3. The highest BCUT2D eigenvalue weighted by Gasteiger charge is 2.19. The number of aryl methyl sites for hydroxylation is 2. The van der Waals surface area contributed by atoms with Crippen molar-refractivity contribution in [3.8, 4) is 5.69 Å². The number of carbonyl (C=O) groups excluding carboxylic acids is 1. The average molecular weight is 355 g/mol. The highest BCUT2D eigenvalue weighted by Crippen LogP contribution is 2.19. The Bertz CT molecular complexity index is 881. The number of benzene rings is 1. The fourth-order valence-electron chi connectivity index (χ4n) is 2.45. The number of thiazole rings is 1. The number of aromatic nitrogens is 3. The lowest BCUT2D eigenvalue weighted by Crippen LogP contribution is -2.28. The largest absolute Gasteiger partial charge is 0.324 e. The van der Waals surface area contributed by atoms with Crippen LogP contribution < -0.4 is 11.1 Å². The van der Waals surface area contributed by atoms with Gasteiger partial charge in [0, 0.05) is 22.4 Å². The van der Waals surface area contributed by atoms with Gasteiger partial charge in [0.2, 0.25) is 5.91 Å². The van der Waals surface area contributed by atoms with Gasteiger partial charge in [-0.25, -0.2) is 9.97 Å². The second-order valence-electron chi connectivity index (χ2n) is 5.82. The first-order chi connectivity index (χ1) is 12.0. The Morgan fingerprint density at radius 2 is 2.04 bits per heavy atom. The van der Waals surface area contributed by atoms with Crippen LogP contribution in [0, 0.1) is 13.8 Å². The van der Waals surface area contributed by atoms with Crippen LogP contribution in [0.5, 0.6) is 0 Å². The maximum Gasteiger partial charge on any atom is 0.247 e. The number of nitrogens with one attached hydrogen (secondary N) is 1. The predicted molar refractivity (Wildman–Crippen MR) is 100 cm³/mol. The van der Waals surface area contributed by atoms with Crippen LogP contribution in [0.1, 0.15) is 35.1 Å². The van der Waals surface area contributed by atoms with Crippen LogP contribution in [-0.4, -0.2) is 20.4 Å². The van der Waals surface area contributed by atoms with Gasteiger partial charge in [-0.3, -0.25) is 4.79 Å². The minimum absolute atomic E-state index is 0.268. The number of nitrogens with zero attached hydrogens (tertiary/aromatic N) is 3. The van der Waals surface area contributed by atoms with Crippen LogP contribution in [0.15, 0.2) is 36.0 Å². The van der Waals surface area contributed by atoms with Gasteiger partial charge >= 0.3 is 0 Å². The molecule has 0 radical (unpaired) electrons. The molecule has 6 nitrogen and oxygen atoms in total. The Labute approximate surface area is 150 Å². The molecule has 25 heavy (non-hydrogen) atoms. The Hall–Kier alpha value is -2.51. The highest BCUT2D eigenvalue weighted by molar-refractivity contribution is 7.09. The number of nitrogens with two attached hydrogens (primary N) is 1. The number of rotatable bonds is 5. The lowest BCUT2D eigenvalue weighted by Gasteiger charge is -2.11. The van der Waals surface area contributed by atoms with Crippen molar-refractivity contribution in [2.24, 2.45) is 5.73 Å². The summed E-state index contributed by atoms with van der Waals surface area (Å²) in [6, 6.07) is 6.82. The van der Waals surface area contributed by atoms with E-state index in [1.165, 1.54) is 11.3 Å². The fourth-order valence-corrected chi connectivity index (χ4v) is 3.23. The standard InChI is InChI=1S/C18H21N5OS/c1-4-16-22-15(9-25-16)17(19)18(24)21-13-5-7-14(8-6-13)23-10-20-11(2)12(23)3/h5-10,17H,4,19H2,1-3H3,(H,21,24). The molecule has 0 saturated carbocycles. The summed E-state index contributed by atoms with van der Waals surface area (Å²) in [5.74, 6) is -0.268. The first-order valence-electron chi connectivity index (χ1n) is 8.11. The molecular weight excluding hydrogens is 334 g/mol. The number of amides is 1. The van der Waals surface area contributed by atoms with Gasteiger partial charge in [-0.1, -0.05) is 6.92 Å². The SMILES string of the molecule is CCc1nc(C(N)C(=O)Nc2ccc(-n3cnc(C)c3C)cc2)cs1. The molecule has 0 aliphatic heterocycles. The molecule has 0 saturated heterocycles. The zero-order chi connectivity index (χ0) is 18.0.